The molecule has 6 heteroatoms. The number of aryl methyl sites for hydroxylation is 1. The normalized spacial score (nSPS) is 22.6. The number of nitrogens with zero attached hydrogens (tertiary/aromatic N) is 6. The van der Waals surface area contributed by atoms with Crippen LogP contribution in [0.1, 0.15) is 74.7 Å². The highest BCUT2D eigenvalue weighted by Gasteiger charge is 2.29. The number of rotatable bonds is 5. The Kier molecular flexibility index (Phi) is 7.28. The molecule has 1 unspecified atom stereocenters. The Balaban J connectivity index is 1.14. The molecule has 0 radical (unpaired) electrons. The molecule has 7 rings (SSSR count). The number of piperidine rings is 2. The van der Waals surface area contributed by atoms with Crippen LogP contribution in [0.4, 0.5) is 5.82 Å². The van der Waals surface area contributed by atoms with Crippen LogP contribution in [0.15, 0.2) is 77.8 Å². The Bertz CT molecular complexity index is 1540. The maximum absolute atomic E-state index is 5.17. The molecule has 6 nitrogen and oxygen atoms in total. The highest BCUT2D eigenvalue weighted by Crippen LogP contribution is 2.36. The summed E-state index contributed by atoms with van der Waals surface area (Å²) in [7, 11) is 0. The van der Waals surface area contributed by atoms with Crippen LogP contribution in [0.2, 0.25) is 0 Å². The van der Waals surface area contributed by atoms with E-state index in [1.807, 2.05) is 10.7 Å². The Labute approximate surface area is 244 Å². The number of allylic oxidation sites excluding steroid dienone is 4. The van der Waals surface area contributed by atoms with Crippen molar-refractivity contribution in [2.75, 3.05) is 37.6 Å². The Hall–Kier alpha value is -3.60. The summed E-state index contributed by atoms with van der Waals surface area (Å²) in [6.07, 6.45) is 17.6. The first-order chi connectivity index (χ1) is 20.1. The molecule has 212 valence electrons. The molecule has 0 amide bonds. The van der Waals surface area contributed by atoms with Gasteiger partial charge in [0.25, 0.3) is 0 Å². The first-order valence-electron chi connectivity index (χ1n) is 15.7. The fourth-order valence-corrected chi connectivity index (χ4v) is 7.34. The second kappa shape index (κ2) is 11.3. The molecule has 3 saturated heterocycles. The van der Waals surface area contributed by atoms with Gasteiger partial charge in [0, 0.05) is 36.8 Å². The molecule has 3 aliphatic heterocycles. The number of hydrogen-bond donors (Lipinski definition) is 0. The van der Waals surface area contributed by atoms with Gasteiger partial charge >= 0.3 is 0 Å². The average Bonchev–Trinajstić information content (AvgIpc) is 3.62. The van der Waals surface area contributed by atoms with Crippen molar-refractivity contribution in [3.63, 3.8) is 0 Å². The van der Waals surface area contributed by atoms with Crippen LogP contribution in [-0.4, -0.2) is 63.2 Å². The predicted molar refractivity (Wildman–Crippen MR) is 167 cm³/mol. The van der Waals surface area contributed by atoms with E-state index in [2.05, 4.69) is 88.9 Å². The van der Waals surface area contributed by atoms with Crippen LogP contribution in [0.3, 0.4) is 0 Å². The van der Waals surface area contributed by atoms with E-state index in [9.17, 15) is 0 Å². The summed E-state index contributed by atoms with van der Waals surface area (Å²) in [5.74, 6) is 1.01. The van der Waals surface area contributed by atoms with Gasteiger partial charge in [-0.2, -0.15) is 0 Å². The standard InChI is InChI=1S/C35H42N6/c1-26-9-6-10-28(23-26)32-13-8-20-40(32)35-15-14-34-36-25-33(41(34)37-35)31-12-7-11-30(24-27(31)2)39-21-16-29(17-22-39)38-18-4-3-5-19-38/h6-7,9-12,14-15,23,25,29,32H,3-5,8,13,16-22H2,1-2H3. The third kappa shape index (κ3) is 5.27. The Morgan fingerprint density at radius 1 is 0.878 bits per heavy atom. The van der Waals surface area contributed by atoms with Gasteiger partial charge in [0.15, 0.2) is 5.65 Å². The minimum Gasteiger partial charge on any atom is -0.365 e. The van der Waals surface area contributed by atoms with Gasteiger partial charge in [0.1, 0.15) is 5.82 Å². The van der Waals surface area contributed by atoms with E-state index in [1.54, 1.807) is 0 Å². The topological polar surface area (TPSA) is 39.9 Å². The van der Waals surface area contributed by atoms with Gasteiger partial charge < -0.3 is 14.7 Å². The van der Waals surface area contributed by atoms with Crippen LogP contribution in [-0.2, 0) is 0 Å². The smallest absolute Gasteiger partial charge is 0.154 e. The van der Waals surface area contributed by atoms with E-state index in [-0.39, 0.29) is 0 Å². The number of fused-ring (bicyclic) bond motifs is 1. The summed E-state index contributed by atoms with van der Waals surface area (Å²) in [4.78, 5) is 12.5. The van der Waals surface area contributed by atoms with Gasteiger partial charge in [-0.25, -0.2) is 9.50 Å². The summed E-state index contributed by atoms with van der Waals surface area (Å²) in [5.41, 5.74) is 11.8. The van der Waals surface area contributed by atoms with E-state index in [0.29, 0.717) is 6.04 Å². The molecular weight excluding hydrogens is 504 g/mol. The highest BCUT2D eigenvalue weighted by atomic mass is 15.3. The molecule has 2 aromatic heterocycles. The van der Waals surface area contributed by atoms with Crippen molar-refractivity contribution < 1.29 is 0 Å². The molecule has 3 fully saturated rings. The van der Waals surface area contributed by atoms with E-state index in [1.165, 1.54) is 68.4 Å². The predicted octanol–water partition coefficient (Wildman–Crippen LogP) is 6.71. The summed E-state index contributed by atoms with van der Waals surface area (Å²) in [6.45, 7) is 10.2. The van der Waals surface area contributed by atoms with Crippen molar-refractivity contribution in [3.05, 3.63) is 94.6 Å². The molecule has 1 aromatic carbocycles. The van der Waals surface area contributed by atoms with E-state index in [4.69, 9.17) is 10.1 Å². The summed E-state index contributed by atoms with van der Waals surface area (Å²) in [6, 6.07) is 14.3. The number of aromatic nitrogens is 3. The Morgan fingerprint density at radius 3 is 2.56 bits per heavy atom. The number of hydrogen-bond acceptors (Lipinski definition) is 5. The van der Waals surface area contributed by atoms with Crippen LogP contribution in [0.5, 0.6) is 0 Å². The highest BCUT2D eigenvalue weighted by molar-refractivity contribution is 5.79. The SMILES string of the molecule is CC1=C=C(N2CCC(N3CCCCC3)CC2)C=CC=C1c1cnc2ccc(N3CCCC3c3cccc(C)c3)nn12. The lowest BCUT2D eigenvalue weighted by atomic mass is 9.99. The lowest BCUT2D eigenvalue weighted by Gasteiger charge is -2.40. The fourth-order valence-electron chi connectivity index (χ4n) is 7.34. The fraction of sp³-hybridized carbons (Fsp3) is 0.457. The second-order valence-electron chi connectivity index (χ2n) is 12.3. The zero-order chi connectivity index (χ0) is 27.8. The minimum absolute atomic E-state index is 0.359. The van der Waals surface area contributed by atoms with Gasteiger partial charge in [0.2, 0.25) is 0 Å². The number of anilines is 1. The van der Waals surface area contributed by atoms with Gasteiger partial charge in [-0.3, -0.25) is 0 Å². The molecule has 3 aromatic rings. The molecule has 0 bridgehead atoms. The lowest BCUT2D eigenvalue weighted by Crippen LogP contribution is -2.46. The lowest BCUT2D eigenvalue weighted by molar-refractivity contribution is 0.106. The monoisotopic (exact) mass is 546 g/mol. The van der Waals surface area contributed by atoms with Crippen molar-refractivity contribution >= 4 is 17.0 Å². The van der Waals surface area contributed by atoms with E-state index < -0.39 is 0 Å². The van der Waals surface area contributed by atoms with Crippen LogP contribution < -0.4 is 4.90 Å². The molecule has 0 spiro atoms. The molecule has 1 aliphatic carbocycles. The zero-order valence-electron chi connectivity index (χ0n) is 24.6. The van der Waals surface area contributed by atoms with Gasteiger partial charge in [-0.15, -0.1) is 5.10 Å². The quantitative estimate of drug-likeness (QED) is 0.333. The van der Waals surface area contributed by atoms with Gasteiger partial charge in [0.05, 0.1) is 23.6 Å². The van der Waals surface area contributed by atoms with Crippen LogP contribution >= 0.6 is 0 Å². The third-order valence-corrected chi connectivity index (χ3v) is 9.55. The molecule has 4 aliphatic rings. The van der Waals surface area contributed by atoms with Gasteiger partial charge in [-0.05, 0) is 89.2 Å². The van der Waals surface area contributed by atoms with Crippen molar-refractivity contribution in [3.8, 4) is 0 Å². The summed E-state index contributed by atoms with van der Waals surface area (Å²) in [5, 5.41) is 5.17. The van der Waals surface area contributed by atoms with E-state index in [0.717, 1.165) is 60.4 Å². The summed E-state index contributed by atoms with van der Waals surface area (Å²) < 4.78 is 2.03. The van der Waals surface area contributed by atoms with Gasteiger partial charge in [-0.1, -0.05) is 54.1 Å². The second-order valence-corrected chi connectivity index (χ2v) is 12.3. The van der Waals surface area contributed by atoms with Crippen LogP contribution in [0, 0.1) is 6.92 Å². The van der Waals surface area contributed by atoms with Crippen LogP contribution in [0.25, 0.3) is 11.2 Å². The first-order valence-corrected chi connectivity index (χ1v) is 15.7. The maximum atomic E-state index is 5.17. The molecular formula is C35H42N6. The number of benzene rings is 1. The molecule has 0 N–H and O–H groups in total. The molecule has 41 heavy (non-hydrogen) atoms. The molecule has 5 heterocycles. The average molecular weight is 547 g/mol. The largest absolute Gasteiger partial charge is 0.365 e. The van der Waals surface area contributed by atoms with Crippen molar-refractivity contribution in [1.29, 1.82) is 0 Å². The minimum atomic E-state index is 0.359. The zero-order valence-corrected chi connectivity index (χ0v) is 24.6. The number of likely N-dealkylation sites (tertiary alicyclic amines) is 2. The maximum Gasteiger partial charge on any atom is 0.154 e. The summed E-state index contributed by atoms with van der Waals surface area (Å²) >= 11 is 0. The van der Waals surface area contributed by atoms with Crippen molar-refractivity contribution in [1.82, 2.24) is 24.4 Å². The van der Waals surface area contributed by atoms with Crippen molar-refractivity contribution in [2.24, 2.45) is 0 Å². The van der Waals surface area contributed by atoms with E-state index >= 15 is 0 Å². The number of imidazole rings is 1. The molecule has 0 saturated carbocycles. The third-order valence-electron chi connectivity index (χ3n) is 9.55. The molecule has 1 atom stereocenters. The first kappa shape index (κ1) is 26.3. The Morgan fingerprint density at radius 2 is 1.73 bits per heavy atom. The van der Waals surface area contributed by atoms with Crippen molar-refractivity contribution in [2.45, 2.75) is 70.9 Å².